The van der Waals surface area contributed by atoms with E-state index in [1.165, 1.54) is 22.3 Å². The van der Waals surface area contributed by atoms with Gasteiger partial charge in [-0.15, -0.1) is 0 Å². The maximum absolute atomic E-state index is 5.87. The van der Waals surface area contributed by atoms with Gasteiger partial charge in [-0.25, -0.2) is 0 Å². The topological polar surface area (TPSA) is 21.3 Å². The van der Waals surface area contributed by atoms with Crippen molar-refractivity contribution >= 4 is 7.62 Å². The zero-order chi connectivity index (χ0) is 12.4. The molecule has 2 aromatic rings. The minimum atomic E-state index is 0.245. The molecule has 2 bridgehead atoms. The molecule has 6 rings (SSSR count). The molecule has 0 spiro atoms. The van der Waals surface area contributed by atoms with Gasteiger partial charge < -0.3 is 9.88 Å². The molecule has 2 atom stereocenters. The Hall–Kier alpha value is -1.58. The van der Waals surface area contributed by atoms with E-state index in [4.69, 9.17) is 4.65 Å². The second-order valence-electron chi connectivity index (χ2n) is 5.62. The summed E-state index contributed by atoms with van der Waals surface area (Å²) in [5.41, 5.74) is 5.84. The van der Waals surface area contributed by atoms with Crippen molar-refractivity contribution in [3.05, 3.63) is 70.8 Å². The average Bonchev–Trinajstić information content (AvgIpc) is 2.96. The summed E-state index contributed by atoms with van der Waals surface area (Å²) in [7, 11) is 1.78. The Kier molecular flexibility index (Phi) is 1.89. The molecule has 0 amide bonds. The van der Waals surface area contributed by atoms with Crippen molar-refractivity contribution in [2.45, 2.75) is 24.0 Å². The van der Waals surface area contributed by atoms with Gasteiger partial charge in [0.05, 0.1) is 6.10 Å². The third-order valence-electron chi connectivity index (χ3n) is 4.86. The molecule has 4 aliphatic rings. The van der Waals surface area contributed by atoms with E-state index in [2.05, 4.69) is 53.8 Å². The highest BCUT2D eigenvalue weighted by atomic mass is 16.5. The van der Waals surface area contributed by atoms with Crippen LogP contribution in [0.15, 0.2) is 48.5 Å². The second kappa shape index (κ2) is 3.50. The van der Waals surface area contributed by atoms with E-state index in [1.54, 1.807) is 7.62 Å². The van der Waals surface area contributed by atoms with Crippen LogP contribution >= 0.6 is 0 Å². The van der Waals surface area contributed by atoms with E-state index in [0.717, 1.165) is 0 Å². The van der Waals surface area contributed by atoms with Gasteiger partial charge in [0.15, 0.2) is 0 Å². The van der Waals surface area contributed by atoms with Gasteiger partial charge in [0.25, 0.3) is 0 Å². The lowest BCUT2D eigenvalue weighted by Crippen LogP contribution is -2.49. The Morgan fingerprint density at radius 2 is 1.32 bits per heavy atom. The molecule has 2 nitrogen and oxygen atoms in total. The molecule has 0 saturated carbocycles. The first kappa shape index (κ1) is 10.2. The van der Waals surface area contributed by atoms with E-state index in [1.807, 2.05) is 0 Å². The first-order valence-electron chi connectivity index (χ1n) is 6.86. The van der Waals surface area contributed by atoms with Crippen LogP contribution in [0.4, 0.5) is 0 Å². The summed E-state index contributed by atoms with van der Waals surface area (Å²) >= 11 is 0. The largest absolute Gasteiger partial charge is 0.419 e. The molecule has 1 heterocycles. The number of benzene rings is 2. The summed E-state index contributed by atoms with van der Waals surface area (Å²) in [6.07, 6.45) is 0.245. The third kappa shape index (κ3) is 1.15. The quantitative estimate of drug-likeness (QED) is 0.719. The van der Waals surface area contributed by atoms with Crippen LogP contribution in [0.3, 0.4) is 0 Å². The van der Waals surface area contributed by atoms with Crippen molar-refractivity contribution in [2.24, 2.45) is 0 Å². The van der Waals surface area contributed by atoms with Crippen molar-refractivity contribution in [3.63, 3.8) is 0 Å². The predicted molar refractivity (Wildman–Crippen MR) is 74.1 cm³/mol. The molecule has 1 fully saturated rings. The Balaban J connectivity index is 1.85. The van der Waals surface area contributed by atoms with Crippen molar-refractivity contribution in [3.8, 4) is 0 Å². The minimum Gasteiger partial charge on any atom is -0.419 e. The van der Waals surface area contributed by atoms with Gasteiger partial charge in [-0.2, -0.15) is 0 Å². The zero-order valence-corrected chi connectivity index (χ0v) is 10.4. The average molecular weight is 246 g/mol. The van der Waals surface area contributed by atoms with Crippen LogP contribution in [-0.4, -0.2) is 19.8 Å². The van der Waals surface area contributed by atoms with Crippen LogP contribution in [0, 0.1) is 0 Å². The van der Waals surface area contributed by atoms with Crippen LogP contribution in [0.5, 0.6) is 0 Å². The summed E-state index contributed by atoms with van der Waals surface area (Å²) in [4.78, 5) is 0. The Bertz CT molecular complexity index is 568. The summed E-state index contributed by atoms with van der Waals surface area (Å²) in [5.74, 6) is 0.787. The smallest absolute Gasteiger partial charge is 0.396 e. The van der Waals surface area contributed by atoms with Crippen LogP contribution in [0.2, 0.25) is 0 Å². The Morgan fingerprint density at radius 3 is 1.89 bits per heavy atom. The van der Waals surface area contributed by atoms with Crippen molar-refractivity contribution in [2.75, 3.05) is 0 Å². The molecule has 2 aromatic carbocycles. The van der Waals surface area contributed by atoms with E-state index < -0.39 is 0 Å². The SMILES string of the molecule is [B]1N[C@@H]2C3c4ccccc4C(c4ccccc43)[C@@H]2O1. The predicted octanol–water partition coefficient (Wildman–Crippen LogP) is 2.17. The highest BCUT2D eigenvalue weighted by Gasteiger charge is 2.52. The number of rotatable bonds is 0. The Morgan fingerprint density at radius 1 is 0.789 bits per heavy atom. The third-order valence-corrected chi connectivity index (χ3v) is 4.86. The molecule has 1 aliphatic heterocycles. The summed E-state index contributed by atoms with van der Waals surface area (Å²) in [6.45, 7) is 0. The molecule has 1 N–H and O–H groups in total. The first-order chi connectivity index (χ1) is 9.45. The fourth-order valence-electron chi connectivity index (χ4n) is 4.18. The molecule has 1 saturated heterocycles. The van der Waals surface area contributed by atoms with Gasteiger partial charge in [0.1, 0.15) is 0 Å². The number of hydrogen-bond acceptors (Lipinski definition) is 2. The Labute approximate surface area is 113 Å². The normalized spacial score (nSPS) is 33.3. The van der Waals surface area contributed by atoms with Gasteiger partial charge in [-0.05, 0) is 22.3 Å². The number of nitrogens with one attached hydrogen (secondary N) is 1. The van der Waals surface area contributed by atoms with Gasteiger partial charge in [0, 0.05) is 17.9 Å². The highest BCUT2D eigenvalue weighted by molar-refractivity contribution is 6.25. The fraction of sp³-hybridized carbons (Fsp3) is 0.250. The molecule has 3 heteroatoms. The van der Waals surface area contributed by atoms with Crippen LogP contribution < -0.4 is 5.23 Å². The second-order valence-corrected chi connectivity index (χ2v) is 5.62. The lowest BCUT2D eigenvalue weighted by molar-refractivity contribution is 0.165. The van der Waals surface area contributed by atoms with Crippen LogP contribution in [0.1, 0.15) is 34.1 Å². The molecule has 19 heavy (non-hydrogen) atoms. The monoisotopic (exact) mass is 246 g/mol. The molecule has 0 unspecified atom stereocenters. The van der Waals surface area contributed by atoms with E-state index >= 15 is 0 Å². The maximum Gasteiger partial charge on any atom is 0.396 e. The summed E-state index contributed by atoms with van der Waals surface area (Å²) in [5, 5.41) is 3.42. The van der Waals surface area contributed by atoms with Crippen molar-refractivity contribution < 1.29 is 4.65 Å². The van der Waals surface area contributed by atoms with E-state index in [0.29, 0.717) is 17.9 Å². The minimum absolute atomic E-state index is 0.245. The molecule has 91 valence electrons. The van der Waals surface area contributed by atoms with E-state index in [9.17, 15) is 0 Å². The molecule has 1 radical (unpaired) electrons. The highest BCUT2D eigenvalue weighted by Crippen LogP contribution is 2.54. The van der Waals surface area contributed by atoms with Crippen LogP contribution in [-0.2, 0) is 4.65 Å². The van der Waals surface area contributed by atoms with Crippen molar-refractivity contribution in [1.29, 1.82) is 0 Å². The van der Waals surface area contributed by atoms with Crippen molar-refractivity contribution in [1.82, 2.24) is 5.23 Å². The fourth-order valence-corrected chi connectivity index (χ4v) is 4.18. The number of hydrogen-bond donors (Lipinski definition) is 1. The van der Waals surface area contributed by atoms with Crippen LogP contribution in [0.25, 0.3) is 0 Å². The standard InChI is InChI=1S/C16H13BNO/c1-3-7-11-9(5-1)13-10-6-2-4-8-12(10)14(11)16-15(13)18-17-19-16/h1-8,13-16,18H/t13?,14?,15-,16+/m1/s1. The maximum atomic E-state index is 5.87. The molecular weight excluding hydrogens is 233 g/mol. The first-order valence-corrected chi connectivity index (χ1v) is 6.86. The molecule has 0 aromatic heterocycles. The van der Waals surface area contributed by atoms with Gasteiger partial charge >= 0.3 is 7.62 Å². The van der Waals surface area contributed by atoms with E-state index in [-0.39, 0.29) is 6.10 Å². The lowest BCUT2D eigenvalue weighted by Gasteiger charge is -2.47. The summed E-state index contributed by atoms with van der Waals surface area (Å²) < 4.78 is 5.87. The zero-order valence-electron chi connectivity index (χ0n) is 10.4. The van der Waals surface area contributed by atoms with Gasteiger partial charge in [-0.1, -0.05) is 48.5 Å². The molecular formula is C16H13BNO. The summed E-state index contributed by atoms with van der Waals surface area (Å²) in [6, 6.07) is 18.1. The lowest BCUT2D eigenvalue weighted by atomic mass is 9.60. The van der Waals surface area contributed by atoms with Gasteiger partial charge in [-0.3, -0.25) is 0 Å². The molecule has 3 aliphatic carbocycles. The van der Waals surface area contributed by atoms with Gasteiger partial charge in [0.2, 0.25) is 0 Å².